The van der Waals surface area contributed by atoms with Crippen LogP contribution in [0.1, 0.15) is 24.0 Å². The second-order valence-corrected chi connectivity index (χ2v) is 4.22. The predicted octanol–water partition coefficient (Wildman–Crippen LogP) is 2.53. The van der Waals surface area contributed by atoms with Gasteiger partial charge in [-0.05, 0) is 24.5 Å². The Morgan fingerprint density at radius 1 is 1.35 bits per heavy atom. The monoisotopic (exact) mass is 243 g/mol. The van der Waals surface area contributed by atoms with E-state index in [4.69, 9.17) is 0 Å². The van der Waals surface area contributed by atoms with Gasteiger partial charge in [0.1, 0.15) is 0 Å². The van der Waals surface area contributed by atoms with Crippen LogP contribution in [0.15, 0.2) is 24.3 Å². The average molecular weight is 243 g/mol. The van der Waals surface area contributed by atoms with Crippen LogP contribution in [-0.2, 0) is 17.4 Å². The first kappa shape index (κ1) is 12.0. The fourth-order valence-corrected chi connectivity index (χ4v) is 1.55. The number of hydrogen-bond acceptors (Lipinski definition) is 1. The van der Waals surface area contributed by atoms with Crippen molar-refractivity contribution in [2.24, 2.45) is 0 Å². The lowest BCUT2D eigenvalue weighted by atomic mass is 10.1. The zero-order valence-corrected chi connectivity index (χ0v) is 9.05. The third kappa shape index (κ3) is 3.47. The zero-order valence-electron chi connectivity index (χ0n) is 9.05. The summed E-state index contributed by atoms with van der Waals surface area (Å²) in [6, 6.07) is 5.10. The van der Waals surface area contributed by atoms with Gasteiger partial charge in [-0.25, -0.2) is 0 Å². The molecule has 0 heterocycles. The van der Waals surface area contributed by atoms with Crippen LogP contribution in [0.3, 0.4) is 0 Å². The Bertz CT molecular complexity index is 424. The van der Waals surface area contributed by atoms with Crippen molar-refractivity contribution < 1.29 is 18.0 Å². The van der Waals surface area contributed by atoms with Gasteiger partial charge in [-0.3, -0.25) is 4.79 Å². The van der Waals surface area contributed by atoms with Gasteiger partial charge in [-0.15, -0.1) is 0 Å². The molecule has 1 aliphatic rings. The van der Waals surface area contributed by atoms with Gasteiger partial charge in [0.15, 0.2) is 0 Å². The fourth-order valence-electron chi connectivity index (χ4n) is 1.55. The van der Waals surface area contributed by atoms with Gasteiger partial charge in [0.2, 0.25) is 5.91 Å². The SMILES string of the molecule is O=C(Cc1cccc(C(F)(F)F)c1)NC1CC1. The van der Waals surface area contributed by atoms with Gasteiger partial charge in [-0.1, -0.05) is 18.2 Å². The highest BCUT2D eigenvalue weighted by atomic mass is 19.4. The van der Waals surface area contributed by atoms with E-state index in [1.807, 2.05) is 0 Å². The predicted molar refractivity (Wildman–Crippen MR) is 56.3 cm³/mol. The lowest BCUT2D eigenvalue weighted by Gasteiger charge is -2.08. The van der Waals surface area contributed by atoms with Crippen LogP contribution in [0.2, 0.25) is 0 Å². The number of halogens is 3. The van der Waals surface area contributed by atoms with E-state index >= 15 is 0 Å². The molecule has 5 heteroatoms. The van der Waals surface area contributed by atoms with Crippen molar-refractivity contribution in [3.63, 3.8) is 0 Å². The summed E-state index contributed by atoms with van der Waals surface area (Å²) in [5.41, 5.74) is -0.327. The molecular formula is C12H12F3NO. The second kappa shape index (κ2) is 4.39. The first-order chi connectivity index (χ1) is 7.95. The van der Waals surface area contributed by atoms with E-state index in [0.717, 1.165) is 25.0 Å². The first-order valence-corrected chi connectivity index (χ1v) is 5.40. The molecule has 0 spiro atoms. The Morgan fingerprint density at radius 2 is 2.06 bits per heavy atom. The molecule has 1 aromatic rings. The topological polar surface area (TPSA) is 29.1 Å². The molecule has 1 fully saturated rings. The van der Waals surface area contributed by atoms with Crippen LogP contribution in [0.4, 0.5) is 13.2 Å². The highest BCUT2D eigenvalue weighted by Gasteiger charge is 2.30. The minimum absolute atomic E-state index is 0.000417. The van der Waals surface area contributed by atoms with Gasteiger partial charge in [0.05, 0.1) is 12.0 Å². The summed E-state index contributed by atoms with van der Waals surface area (Å²) in [4.78, 5) is 11.4. The fraction of sp³-hybridized carbons (Fsp3) is 0.417. The summed E-state index contributed by atoms with van der Waals surface area (Å²) >= 11 is 0. The molecule has 92 valence electrons. The molecule has 1 aliphatic carbocycles. The maximum absolute atomic E-state index is 12.4. The standard InChI is InChI=1S/C12H12F3NO/c13-12(14,15)9-3-1-2-8(6-9)7-11(17)16-10-4-5-10/h1-3,6,10H,4-5,7H2,(H,16,17). The van der Waals surface area contributed by atoms with Gasteiger partial charge in [0, 0.05) is 6.04 Å². The van der Waals surface area contributed by atoms with Crippen molar-refractivity contribution in [1.82, 2.24) is 5.32 Å². The molecule has 0 radical (unpaired) electrons. The van der Waals surface area contributed by atoms with Gasteiger partial charge < -0.3 is 5.32 Å². The molecule has 1 amide bonds. The van der Waals surface area contributed by atoms with E-state index in [0.29, 0.717) is 5.56 Å². The molecule has 0 saturated heterocycles. The van der Waals surface area contributed by atoms with Gasteiger partial charge in [-0.2, -0.15) is 13.2 Å². The maximum Gasteiger partial charge on any atom is 0.416 e. The normalized spacial score (nSPS) is 15.7. The summed E-state index contributed by atoms with van der Waals surface area (Å²) < 4.78 is 37.3. The third-order valence-corrected chi connectivity index (χ3v) is 2.56. The molecule has 17 heavy (non-hydrogen) atoms. The number of hydrogen-bond donors (Lipinski definition) is 1. The highest BCUT2D eigenvalue weighted by molar-refractivity contribution is 5.79. The van der Waals surface area contributed by atoms with E-state index in [1.54, 1.807) is 0 Å². The number of carbonyl (C=O) groups is 1. The van der Waals surface area contributed by atoms with Crippen LogP contribution >= 0.6 is 0 Å². The quantitative estimate of drug-likeness (QED) is 0.868. The van der Waals surface area contributed by atoms with E-state index in [9.17, 15) is 18.0 Å². The second-order valence-electron chi connectivity index (χ2n) is 4.22. The Balaban J connectivity index is 2.02. The van der Waals surface area contributed by atoms with Crippen LogP contribution in [-0.4, -0.2) is 11.9 Å². The summed E-state index contributed by atoms with van der Waals surface area (Å²) in [5, 5.41) is 2.74. The summed E-state index contributed by atoms with van der Waals surface area (Å²) in [6.45, 7) is 0. The van der Waals surface area contributed by atoms with E-state index in [2.05, 4.69) is 5.32 Å². The Hall–Kier alpha value is -1.52. The Kier molecular flexibility index (Phi) is 3.09. The molecule has 0 bridgehead atoms. The largest absolute Gasteiger partial charge is 0.416 e. The number of carbonyl (C=O) groups excluding carboxylic acids is 1. The molecule has 2 nitrogen and oxygen atoms in total. The van der Waals surface area contributed by atoms with Crippen molar-refractivity contribution in [2.75, 3.05) is 0 Å². The number of alkyl halides is 3. The van der Waals surface area contributed by atoms with Crippen LogP contribution in [0.5, 0.6) is 0 Å². The lowest BCUT2D eigenvalue weighted by molar-refractivity contribution is -0.137. The number of nitrogens with one attached hydrogen (secondary N) is 1. The molecular weight excluding hydrogens is 231 g/mol. The van der Waals surface area contributed by atoms with E-state index in [1.165, 1.54) is 12.1 Å². The van der Waals surface area contributed by atoms with Crippen molar-refractivity contribution in [1.29, 1.82) is 0 Å². The summed E-state index contributed by atoms with van der Waals surface area (Å²) in [5.74, 6) is -0.216. The number of amides is 1. The van der Waals surface area contributed by atoms with Crippen LogP contribution in [0.25, 0.3) is 0 Å². The number of benzene rings is 1. The summed E-state index contributed by atoms with van der Waals surface area (Å²) in [6.07, 6.45) is -2.42. The first-order valence-electron chi connectivity index (χ1n) is 5.40. The molecule has 0 unspecified atom stereocenters. The molecule has 1 saturated carbocycles. The third-order valence-electron chi connectivity index (χ3n) is 2.56. The molecule has 0 atom stereocenters. The average Bonchev–Trinajstić information content (AvgIpc) is 3.00. The molecule has 0 aromatic heterocycles. The molecule has 2 rings (SSSR count). The number of rotatable bonds is 3. The Morgan fingerprint density at radius 3 is 2.65 bits per heavy atom. The van der Waals surface area contributed by atoms with E-state index < -0.39 is 11.7 Å². The van der Waals surface area contributed by atoms with Crippen molar-refractivity contribution in [3.05, 3.63) is 35.4 Å². The van der Waals surface area contributed by atoms with Crippen LogP contribution < -0.4 is 5.32 Å². The maximum atomic E-state index is 12.4. The Labute approximate surface area is 96.8 Å². The van der Waals surface area contributed by atoms with Crippen molar-refractivity contribution >= 4 is 5.91 Å². The molecule has 1 N–H and O–H groups in total. The lowest BCUT2D eigenvalue weighted by Crippen LogP contribution is -2.27. The van der Waals surface area contributed by atoms with Crippen LogP contribution in [0, 0.1) is 0 Å². The molecule has 0 aliphatic heterocycles. The summed E-state index contributed by atoms with van der Waals surface area (Å²) in [7, 11) is 0. The highest BCUT2D eigenvalue weighted by Crippen LogP contribution is 2.29. The van der Waals surface area contributed by atoms with E-state index in [-0.39, 0.29) is 18.4 Å². The van der Waals surface area contributed by atoms with Gasteiger partial charge in [0.25, 0.3) is 0 Å². The van der Waals surface area contributed by atoms with Crippen molar-refractivity contribution in [3.8, 4) is 0 Å². The van der Waals surface area contributed by atoms with Crippen molar-refractivity contribution in [2.45, 2.75) is 31.5 Å². The minimum Gasteiger partial charge on any atom is -0.353 e. The smallest absolute Gasteiger partial charge is 0.353 e. The minimum atomic E-state index is -4.36. The molecule has 1 aromatic carbocycles. The van der Waals surface area contributed by atoms with Gasteiger partial charge >= 0.3 is 6.18 Å². The zero-order chi connectivity index (χ0) is 12.5.